The molecular formula is C23H19ClN2O5S. The number of benzene rings is 3. The van der Waals surface area contributed by atoms with Crippen LogP contribution in [0.5, 0.6) is 0 Å². The molecule has 0 bridgehead atoms. The lowest BCUT2D eigenvalue weighted by atomic mass is 10.0. The lowest BCUT2D eigenvalue weighted by Gasteiger charge is -2.09. The lowest BCUT2D eigenvalue weighted by molar-refractivity contribution is -0.124. The minimum atomic E-state index is -3.63. The SMILES string of the molecule is CS(=O)(=O)c1cc(C(=O)OCC(=O)NN=C(c2ccccc2)c2ccccc2)ccc1Cl. The van der Waals surface area contributed by atoms with Gasteiger partial charge in [-0.15, -0.1) is 0 Å². The predicted octanol–water partition coefficient (Wildman–Crippen LogP) is 3.47. The predicted molar refractivity (Wildman–Crippen MR) is 122 cm³/mol. The summed E-state index contributed by atoms with van der Waals surface area (Å²) in [4.78, 5) is 24.3. The maximum Gasteiger partial charge on any atom is 0.338 e. The minimum Gasteiger partial charge on any atom is -0.452 e. The number of sulfone groups is 1. The highest BCUT2D eigenvalue weighted by atomic mass is 35.5. The van der Waals surface area contributed by atoms with Crippen LogP contribution >= 0.6 is 11.6 Å². The maximum absolute atomic E-state index is 12.2. The third-order valence-electron chi connectivity index (χ3n) is 4.29. The van der Waals surface area contributed by atoms with Gasteiger partial charge in [0.1, 0.15) is 0 Å². The zero-order chi connectivity index (χ0) is 23.1. The van der Waals surface area contributed by atoms with Gasteiger partial charge in [-0.25, -0.2) is 18.6 Å². The molecule has 0 saturated carbocycles. The van der Waals surface area contributed by atoms with Gasteiger partial charge in [-0.1, -0.05) is 72.3 Å². The lowest BCUT2D eigenvalue weighted by Crippen LogP contribution is -2.26. The van der Waals surface area contributed by atoms with Crippen molar-refractivity contribution in [2.24, 2.45) is 5.10 Å². The van der Waals surface area contributed by atoms with Crippen molar-refractivity contribution in [3.63, 3.8) is 0 Å². The topological polar surface area (TPSA) is 102 Å². The van der Waals surface area contributed by atoms with Crippen LogP contribution in [0.15, 0.2) is 88.9 Å². The fraction of sp³-hybridized carbons (Fsp3) is 0.0870. The Kier molecular flexibility index (Phi) is 7.40. The van der Waals surface area contributed by atoms with Gasteiger partial charge in [-0.2, -0.15) is 5.10 Å². The van der Waals surface area contributed by atoms with E-state index in [9.17, 15) is 18.0 Å². The van der Waals surface area contributed by atoms with Crippen molar-refractivity contribution in [1.29, 1.82) is 0 Å². The Balaban J connectivity index is 1.70. The molecule has 3 aromatic rings. The number of hydrazone groups is 1. The van der Waals surface area contributed by atoms with Crippen LogP contribution in [0.2, 0.25) is 5.02 Å². The number of halogens is 1. The largest absolute Gasteiger partial charge is 0.452 e. The van der Waals surface area contributed by atoms with Crippen molar-refractivity contribution < 1.29 is 22.7 Å². The zero-order valence-corrected chi connectivity index (χ0v) is 18.6. The van der Waals surface area contributed by atoms with Gasteiger partial charge in [-0.05, 0) is 18.2 Å². The molecule has 9 heteroatoms. The summed E-state index contributed by atoms with van der Waals surface area (Å²) < 4.78 is 28.5. The summed E-state index contributed by atoms with van der Waals surface area (Å²) in [6, 6.07) is 22.3. The molecule has 0 saturated heterocycles. The molecule has 0 aliphatic heterocycles. The number of hydrogen-bond acceptors (Lipinski definition) is 6. The number of carbonyl (C=O) groups excluding carboxylic acids is 2. The summed E-state index contributed by atoms with van der Waals surface area (Å²) in [5.74, 6) is -1.52. The minimum absolute atomic E-state index is 0.00881. The zero-order valence-electron chi connectivity index (χ0n) is 17.0. The molecule has 3 aromatic carbocycles. The molecule has 0 spiro atoms. The highest BCUT2D eigenvalue weighted by molar-refractivity contribution is 7.90. The monoisotopic (exact) mass is 470 g/mol. The van der Waals surface area contributed by atoms with Gasteiger partial charge < -0.3 is 4.74 Å². The van der Waals surface area contributed by atoms with Gasteiger partial charge in [0, 0.05) is 17.4 Å². The Bertz CT molecular complexity index is 1220. The number of amides is 1. The van der Waals surface area contributed by atoms with Gasteiger partial charge >= 0.3 is 5.97 Å². The molecule has 0 radical (unpaired) electrons. The fourth-order valence-electron chi connectivity index (χ4n) is 2.77. The quantitative estimate of drug-likeness (QED) is 0.323. The normalized spacial score (nSPS) is 10.8. The number of carbonyl (C=O) groups is 2. The highest BCUT2D eigenvalue weighted by Gasteiger charge is 2.17. The molecule has 0 aliphatic carbocycles. The molecule has 1 N–H and O–H groups in total. The van der Waals surface area contributed by atoms with Gasteiger partial charge in [-0.3, -0.25) is 4.79 Å². The Morgan fingerprint density at radius 2 is 1.47 bits per heavy atom. The Morgan fingerprint density at radius 3 is 2.00 bits per heavy atom. The molecule has 0 atom stereocenters. The second kappa shape index (κ2) is 10.2. The first-order valence-corrected chi connectivity index (χ1v) is 11.7. The van der Waals surface area contributed by atoms with Crippen LogP contribution in [0.4, 0.5) is 0 Å². The van der Waals surface area contributed by atoms with Crippen LogP contribution in [0, 0.1) is 0 Å². The first kappa shape index (κ1) is 23.2. The van der Waals surface area contributed by atoms with Crippen molar-refractivity contribution in [2.45, 2.75) is 4.90 Å². The average molecular weight is 471 g/mol. The van der Waals surface area contributed by atoms with E-state index in [4.69, 9.17) is 16.3 Å². The third-order valence-corrected chi connectivity index (χ3v) is 5.87. The van der Waals surface area contributed by atoms with Crippen molar-refractivity contribution in [1.82, 2.24) is 5.43 Å². The number of hydrogen-bond donors (Lipinski definition) is 1. The molecule has 32 heavy (non-hydrogen) atoms. The van der Waals surface area contributed by atoms with E-state index in [-0.39, 0.29) is 15.5 Å². The van der Waals surface area contributed by atoms with Crippen molar-refractivity contribution in [3.8, 4) is 0 Å². The molecule has 3 rings (SSSR count). The molecule has 0 fully saturated rings. The first-order valence-electron chi connectivity index (χ1n) is 9.40. The molecule has 164 valence electrons. The molecular weight excluding hydrogens is 452 g/mol. The van der Waals surface area contributed by atoms with Crippen molar-refractivity contribution in [3.05, 3.63) is 101 Å². The molecule has 7 nitrogen and oxygen atoms in total. The Morgan fingerprint density at radius 1 is 0.906 bits per heavy atom. The fourth-order valence-corrected chi connectivity index (χ4v) is 4.07. The number of nitrogens with one attached hydrogen (secondary N) is 1. The summed E-state index contributed by atoms with van der Waals surface area (Å²) in [6.45, 7) is -0.601. The van der Waals surface area contributed by atoms with Gasteiger partial charge in [0.15, 0.2) is 16.4 Å². The van der Waals surface area contributed by atoms with Crippen molar-refractivity contribution in [2.75, 3.05) is 12.9 Å². The van der Waals surface area contributed by atoms with E-state index >= 15 is 0 Å². The van der Waals surface area contributed by atoms with Crippen LogP contribution in [0.1, 0.15) is 21.5 Å². The number of esters is 1. The van der Waals surface area contributed by atoms with Gasteiger partial charge in [0.05, 0.1) is 21.2 Å². The first-order chi connectivity index (χ1) is 15.3. The molecule has 0 aliphatic rings. The third kappa shape index (κ3) is 6.03. The van der Waals surface area contributed by atoms with Crippen LogP contribution in [-0.2, 0) is 19.4 Å². The highest BCUT2D eigenvalue weighted by Crippen LogP contribution is 2.23. The van der Waals surface area contributed by atoms with E-state index < -0.39 is 28.3 Å². The van der Waals surface area contributed by atoms with E-state index in [1.54, 1.807) is 0 Å². The van der Waals surface area contributed by atoms with Gasteiger partial charge in [0.25, 0.3) is 5.91 Å². The molecule has 0 aromatic heterocycles. The average Bonchev–Trinajstić information content (AvgIpc) is 2.78. The standard InChI is InChI=1S/C23H19ClN2O5S/c1-32(29,30)20-14-18(12-13-19(20)24)23(28)31-15-21(27)25-26-22(16-8-4-2-5-9-16)17-10-6-3-7-11-17/h2-14H,15H2,1H3,(H,25,27). The van der Waals surface area contributed by atoms with Crippen LogP contribution < -0.4 is 5.43 Å². The van der Waals surface area contributed by atoms with Crippen LogP contribution in [0.25, 0.3) is 0 Å². The van der Waals surface area contributed by atoms with Gasteiger partial charge in [0.2, 0.25) is 0 Å². The van der Waals surface area contributed by atoms with E-state index in [0.717, 1.165) is 23.4 Å². The summed E-state index contributed by atoms with van der Waals surface area (Å²) in [7, 11) is -3.63. The number of rotatable bonds is 7. The van der Waals surface area contributed by atoms with Crippen molar-refractivity contribution >= 4 is 39.0 Å². The Labute approximate surface area is 190 Å². The second-order valence-electron chi connectivity index (χ2n) is 6.72. The number of ether oxygens (including phenoxy) is 1. The van der Waals surface area contributed by atoms with E-state index in [1.165, 1.54) is 12.1 Å². The van der Waals surface area contributed by atoms with E-state index in [1.807, 2.05) is 60.7 Å². The Hall–Kier alpha value is -3.49. The van der Waals surface area contributed by atoms with E-state index in [2.05, 4.69) is 10.5 Å². The second-order valence-corrected chi connectivity index (χ2v) is 9.11. The summed E-state index contributed by atoms with van der Waals surface area (Å²) in [5.41, 5.74) is 4.48. The summed E-state index contributed by atoms with van der Waals surface area (Å²) in [6.07, 6.45) is 0.978. The summed E-state index contributed by atoms with van der Waals surface area (Å²) in [5, 5.41) is 4.19. The maximum atomic E-state index is 12.2. The summed E-state index contributed by atoms with van der Waals surface area (Å²) >= 11 is 5.87. The van der Waals surface area contributed by atoms with E-state index in [0.29, 0.717) is 5.71 Å². The number of nitrogens with zero attached hydrogens (tertiary/aromatic N) is 1. The molecule has 1 amide bonds. The molecule has 0 heterocycles. The van der Waals surface area contributed by atoms with Crippen LogP contribution in [-0.4, -0.2) is 38.9 Å². The van der Waals surface area contributed by atoms with Crippen LogP contribution in [0.3, 0.4) is 0 Å². The smallest absolute Gasteiger partial charge is 0.338 e. The molecule has 0 unspecified atom stereocenters.